The van der Waals surface area contributed by atoms with E-state index < -0.39 is 9.84 Å². The molecule has 0 radical (unpaired) electrons. The molecule has 0 saturated heterocycles. The van der Waals surface area contributed by atoms with E-state index in [1.54, 1.807) is 0 Å². The molecule has 1 heterocycles. The minimum atomic E-state index is -3.03. The second-order valence-corrected chi connectivity index (χ2v) is 6.39. The van der Waals surface area contributed by atoms with Gasteiger partial charge in [-0.1, -0.05) is 12.1 Å². The maximum atomic E-state index is 11.5. The van der Waals surface area contributed by atoms with Crippen molar-refractivity contribution in [1.82, 2.24) is 0 Å². The molecule has 0 N–H and O–H groups in total. The fourth-order valence-electron chi connectivity index (χ4n) is 1.65. The molecule has 2 rings (SSSR count). The number of fused-ring (bicyclic) bond motifs is 1. The van der Waals surface area contributed by atoms with Crippen LogP contribution < -0.4 is 0 Å². The summed E-state index contributed by atoms with van der Waals surface area (Å²) in [5.41, 5.74) is 2.84. The molecule has 4 heteroatoms. The second kappa shape index (κ2) is 3.34. The van der Waals surface area contributed by atoms with Crippen LogP contribution >= 0.6 is 22.6 Å². The summed E-state index contributed by atoms with van der Waals surface area (Å²) in [6.45, 7) is 1.84. The molecule has 14 heavy (non-hydrogen) atoms. The number of sulfone groups is 1. The molecular formula is C10H9IO2S. The molecule has 0 aromatic heterocycles. The highest BCUT2D eigenvalue weighted by molar-refractivity contribution is 14.1. The zero-order chi connectivity index (χ0) is 10.3. The van der Waals surface area contributed by atoms with E-state index in [0.717, 1.165) is 20.3 Å². The number of halogens is 1. The van der Waals surface area contributed by atoms with Crippen molar-refractivity contribution >= 4 is 38.0 Å². The minimum Gasteiger partial charge on any atom is -0.224 e. The van der Waals surface area contributed by atoms with Gasteiger partial charge in [0.1, 0.15) is 0 Å². The summed E-state index contributed by atoms with van der Waals surface area (Å²) in [7, 11) is -3.03. The highest BCUT2D eigenvalue weighted by Gasteiger charge is 2.21. The van der Waals surface area contributed by atoms with Crippen LogP contribution in [0.25, 0.3) is 5.57 Å². The zero-order valence-electron chi connectivity index (χ0n) is 7.62. The first-order valence-corrected chi connectivity index (χ1v) is 6.98. The molecule has 74 valence electrons. The van der Waals surface area contributed by atoms with Gasteiger partial charge in [-0.05, 0) is 52.3 Å². The smallest absolute Gasteiger partial charge is 0.176 e. The van der Waals surface area contributed by atoms with Gasteiger partial charge in [0.25, 0.3) is 0 Å². The van der Waals surface area contributed by atoms with Crippen LogP contribution in [0.1, 0.15) is 18.1 Å². The van der Waals surface area contributed by atoms with Gasteiger partial charge >= 0.3 is 0 Å². The molecule has 2 nitrogen and oxygen atoms in total. The van der Waals surface area contributed by atoms with Gasteiger partial charge in [-0.15, -0.1) is 0 Å². The van der Waals surface area contributed by atoms with Gasteiger partial charge in [0, 0.05) is 8.98 Å². The van der Waals surface area contributed by atoms with Crippen LogP contribution in [0.3, 0.4) is 0 Å². The molecule has 0 unspecified atom stereocenters. The van der Waals surface area contributed by atoms with Crippen molar-refractivity contribution in [1.29, 1.82) is 0 Å². The first kappa shape index (κ1) is 10.2. The molecule has 0 spiro atoms. The van der Waals surface area contributed by atoms with E-state index in [2.05, 4.69) is 22.6 Å². The Morgan fingerprint density at radius 1 is 1.36 bits per heavy atom. The lowest BCUT2D eigenvalue weighted by molar-refractivity contribution is 0.603. The number of hydrogen-bond acceptors (Lipinski definition) is 2. The van der Waals surface area contributed by atoms with E-state index >= 15 is 0 Å². The summed E-state index contributed by atoms with van der Waals surface area (Å²) in [6, 6.07) is 5.86. The lowest BCUT2D eigenvalue weighted by atomic mass is 10.0. The van der Waals surface area contributed by atoms with Gasteiger partial charge in [-0.25, -0.2) is 8.42 Å². The quantitative estimate of drug-likeness (QED) is 0.689. The van der Waals surface area contributed by atoms with Crippen molar-refractivity contribution in [2.75, 3.05) is 0 Å². The van der Waals surface area contributed by atoms with E-state index in [4.69, 9.17) is 0 Å². The zero-order valence-corrected chi connectivity index (χ0v) is 10.6. The number of hydrogen-bond donors (Lipinski definition) is 0. The maximum absolute atomic E-state index is 11.5. The van der Waals surface area contributed by atoms with Crippen molar-refractivity contribution in [3.63, 3.8) is 0 Å². The predicted octanol–water partition coefficient (Wildman–Crippen LogP) is 2.58. The normalized spacial score (nSPS) is 18.6. The predicted molar refractivity (Wildman–Crippen MR) is 65.4 cm³/mol. The molecule has 0 atom stereocenters. The molecule has 1 aliphatic heterocycles. The van der Waals surface area contributed by atoms with Crippen LogP contribution in [0.15, 0.2) is 23.6 Å². The van der Waals surface area contributed by atoms with E-state index in [0.29, 0.717) is 0 Å². The Morgan fingerprint density at radius 2 is 2.07 bits per heavy atom. The van der Waals surface area contributed by atoms with Crippen LogP contribution in [0.2, 0.25) is 0 Å². The Morgan fingerprint density at radius 3 is 2.79 bits per heavy atom. The Balaban J connectivity index is 2.74. The Hall–Kier alpha value is -0.360. The van der Waals surface area contributed by atoms with Crippen LogP contribution in [0.5, 0.6) is 0 Å². The highest BCUT2D eigenvalue weighted by atomic mass is 127. The molecule has 0 amide bonds. The summed E-state index contributed by atoms with van der Waals surface area (Å²) in [4.78, 5) is 0. The van der Waals surface area contributed by atoms with E-state index in [1.807, 2.05) is 25.1 Å². The Bertz CT molecular complexity index is 515. The second-order valence-electron chi connectivity index (χ2n) is 3.37. The first-order chi connectivity index (χ1) is 6.49. The van der Waals surface area contributed by atoms with Crippen molar-refractivity contribution in [3.8, 4) is 0 Å². The van der Waals surface area contributed by atoms with Gasteiger partial charge in [-0.3, -0.25) is 0 Å². The molecule has 0 bridgehead atoms. The SMILES string of the molecule is CC1=CS(=O)(=O)Cc2c(I)cccc21. The van der Waals surface area contributed by atoms with Crippen LogP contribution in [0, 0.1) is 3.57 Å². The highest BCUT2D eigenvalue weighted by Crippen LogP contribution is 2.30. The van der Waals surface area contributed by atoms with Crippen molar-refractivity contribution in [2.24, 2.45) is 0 Å². The molecule has 1 aliphatic rings. The minimum absolute atomic E-state index is 0.138. The molecule has 1 aromatic rings. The monoisotopic (exact) mass is 320 g/mol. The van der Waals surface area contributed by atoms with Crippen LogP contribution in [0.4, 0.5) is 0 Å². The Kier molecular flexibility index (Phi) is 2.43. The van der Waals surface area contributed by atoms with Crippen molar-refractivity contribution in [3.05, 3.63) is 38.3 Å². The fraction of sp³-hybridized carbons (Fsp3) is 0.200. The van der Waals surface area contributed by atoms with Gasteiger partial charge in [-0.2, -0.15) is 0 Å². The Labute approximate surface area is 97.1 Å². The average Bonchev–Trinajstić information content (AvgIpc) is 2.05. The van der Waals surface area contributed by atoms with Crippen molar-refractivity contribution in [2.45, 2.75) is 12.7 Å². The summed E-state index contributed by atoms with van der Waals surface area (Å²) < 4.78 is 24.0. The summed E-state index contributed by atoms with van der Waals surface area (Å²) in [5.74, 6) is 0.138. The summed E-state index contributed by atoms with van der Waals surface area (Å²) in [5, 5.41) is 1.37. The van der Waals surface area contributed by atoms with Gasteiger partial charge in [0.05, 0.1) is 5.75 Å². The van der Waals surface area contributed by atoms with Gasteiger partial charge in [0.15, 0.2) is 9.84 Å². The molecular weight excluding hydrogens is 311 g/mol. The van der Waals surface area contributed by atoms with Crippen LogP contribution in [-0.4, -0.2) is 8.42 Å². The largest absolute Gasteiger partial charge is 0.224 e. The number of allylic oxidation sites excluding steroid dienone is 1. The third-order valence-corrected chi connectivity index (χ3v) is 4.66. The first-order valence-electron chi connectivity index (χ1n) is 4.18. The lowest BCUT2D eigenvalue weighted by Gasteiger charge is -2.16. The molecule has 0 saturated carbocycles. The molecule has 0 fully saturated rings. The van der Waals surface area contributed by atoms with Crippen molar-refractivity contribution < 1.29 is 8.42 Å². The van der Waals surface area contributed by atoms with Gasteiger partial charge in [0.2, 0.25) is 0 Å². The topological polar surface area (TPSA) is 34.1 Å². The van der Waals surface area contributed by atoms with E-state index in [1.165, 1.54) is 5.41 Å². The van der Waals surface area contributed by atoms with Crippen LogP contribution in [-0.2, 0) is 15.6 Å². The molecule has 0 aliphatic carbocycles. The fourth-order valence-corrected chi connectivity index (χ4v) is 4.06. The molecule has 1 aromatic carbocycles. The van der Waals surface area contributed by atoms with E-state index in [9.17, 15) is 8.42 Å². The van der Waals surface area contributed by atoms with Gasteiger partial charge < -0.3 is 0 Å². The standard InChI is InChI=1S/C10H9IO2S/c1-7-5-14(12,13)6-9-8(7)3-2-4-10(9)11/h2-5H,6H2,1H3. The average molecular weight is 320 g/mol. The third kappa shape index (κ3) is 1.72. The summed E-state index contributed by atoms with van der Waals surface area (Å²) in [6.07, 6.45) is 0. The summed E-state index contributed by atoms with van der Waals surface area (Å²) >= 11 is 2.18. The number of benzene rings is 1. The maximum Gasteiger partial charge on any atom is 0.176 e. The van der Waals surface area contributed by atoms with E-state index in [-0.39, 0.29) is 5.75 Å². The lowest BCUT2D eigenvalue weighted by Crippen LogP contribution is -2.10. The third-order valence-electron chi connectivity index (χ3n) is 2.25. The number of rotatable bonds is 0.